The van der Waals surface area contributed by atoms with Gasteiger partial charge in [-0.2, -0.15) is 5.10 Å². The number of hydrogen-bond donors (Lipinski definition) is 3. The first-order valence-electron chi connectivity index (χ1n) is 7.92. The Balaban J connectivity index is 1.78. The molecule has 0 aromatic heterocycles. The first-order valence-corrected chi connectivity index (χ1v) is 8.37. The van der Waals surface area contributed by atoms with Gasteiger partial charge in [-0.05, 0) is 17.7 Å². The summed E-state index contributed by atoms with van der Waals surface area (Å²) in [5.74, 6) is 0.591. The highest BCUT2D eigenvalue weighted by atomic mass is 32.1. The number of ether oxygens (including phenoxy) is 2. The zero-order valence-corrected chi connectivity index (χ0v) is 14.7. The molecule has 2 rings (SSSR count). The third kappa shape index (κ3) is 6.77. The second-order valence-electron chi connectivity index (χ2n) is 5.33. The SMILES string of the molecule is CN/N=C(\S)NC(=O)Cc1cccc(OCCN2CCOCC2)c1. The summed E-state index contributed by atoms with van der Waals surface area (Å²) in [6.07, 6.45) is 0.240. The van der Waals surface area contributed by atoms with E-state index in [4.69, 9.17) is 9.47 Å². The number of amidine groups is 1. The largest absolute Gasteiger partial charge is 0.492 e. The number of morpholine rings is 1. The Bertz CT molecular complexity index is 562. The van der Waals surface area contributed by atoms with E-state index >= 15 is 0 Å². The first kappa shape index (κ1) is 18.6. The van der Waals surface area contributed by atoms with E-state index in [1.165, 1.54) is 0 Å². The van der Waals surface area contributed by atoms with E-state index < -0.39 is 0 Å². The molecule has 1 aromatic carbocycles. The van der Waals surface area contributed by atoms with Crippen LogP contribution in [0.1, 0.15) is 5.56 Å². The van der Waals surface area contributed by atoms with E-state index in [2.05, 4.69) is 33.4 Å². The minimum absolute atomic E-state index is 0.176. The Morgan fingerprint density at radius 3 is 2.96 bits per heavy atom. The Morgan fingerprint density at radius 1 is 1.42 bits per heavy atom. The molecular weight excluding hydrogens is 328 g/mol. The number of thiol groups is 1. The lowest BCUT2D eigenvalue weighted by atomic mass is 10.1. The molecule has 1 amide bonds. The lowest BCUT2D eigenvalue weighted by molar-refractivity contribution is -0.119. The van der Waals surface area contributed by atoms with Crippen LogP contribution < -0.4 is 15.5 Å². The highest BCUT2D eigenvalue weighted by Gasteiger charge is 2.10. The third-order valence-corrected chi connectivity index (χ3v) is 3.72. The molecule has 1 aliphatic heterocycles. The zero-order chi connectivity index (χ0) is 17.2. The second kappa shape index (κ2) is 10.2. The Labute approximate surface area is 147 Å². The van der Waals surface area contributed by atoms with Crippen LogP contribution in [-0.2, 0) is 16.0 Å². The maximum atomic E-state index is 11.9. The number of hydrazone groups is 1. The molecule has 0 radical (unpaired) electrons. The lowest BCUT2D eigenvalue weighted by Crippen LogP contribution is -2.38. The molecule has 0 unspecified atom stereocenters. The van der Waals surface area contributed by atoms with Gasteiger partial charge in [0.25, 0.3) is 0 Å². The van der Waals surface area contributed by atoms with Gasteiger partial charge in [-0.25, -0.2) is 0 Å². The van der Waals surface area contributed by atoms with Crippen LogP contribution in [0.25, 0.3) is 0 Å². The molecule has 1 aliphatic rings. The molecule has 1 aromatic rings. The second-order valence-corrected chi connectivity index (χ2v) is 5.76. The molecule has 1 saturated heterocycles. The van der Waals surface area contributed by atoms with Gasteiger partial charge in [0, 0.05) is 26.7 Å². The minimum atomic E-state index is -0.176. The fourth-order valence-electron chi connectivity index (χ4n) is 2.35. The lowest BCUT2D eigenvalue weighted by Gasteiger charge is -2.26. The summed E-state index contributed by atoms with van der Waals surface area (Å²) in [6, 6.07) is 7.55. The van der Waals surface area contributed by atoms with E-state index in [9.17, 15) is 4.79 Å². The molecule has 0 aliphatic carbocycles. The Hall–Kier alpha value is -1.77. The molecule has 24 heavy (non-hydrogen) atoms. The summed E-state index contributed by atoms with van der Waals surface area (Å²) in [7, 11) is 1.64. The van der Waals surface area contributed by atoms with Crippen molar-refractivity contribution >= 4 is 23.7 Å². The molecule has 1 fully saturated rings. The summed E-state index contributed by atoms with van der Waals surface area (Å²) in [6.45, 7) is 4.96. The first-order chi connectivity index (χ1) is 11.7. The fourth-order valence-corrected chi connectivity index (χ4v) is 2.58. The van der Waals surface area contributed by atoms with Crippen molar-refractivity contribution in [1.82, 2.24) is 15.6 Å². The zero-order valence-electron chi connectivity index (χ0n) is 13.8. The van der Waals surface area contributed by atoms with Crippen LogP contribution >= 0.6 is 12.6 Å². The van der Waals surface area contributed by atoms with Crippen LogP contribution in [0, 0.1) is 0 Å². The summed E-state index contributed by atoms with van der Waals surface area (Å²) < 4.78 is 11.1. The number of benzene rings is 1. The molecule has 0 atom stereocenters. The molecule has 2 N–H and O–H groups in total. The van der Waals surface area contributed by atoms with Gasteiger partial charge >= 0.3 is 0 Å². The van der Waals surface area contributed by atoms with Crippen molar-refractivity contribution < 1.29 is 14.3 Å². The van der Waals surface area contributed by atoms with Gasteiger partial charge in [0.05, 0.1) is 19.6 Å². The smallest absolute Gasteiger partial charge is 0.230 e. The number of nitrogens with zero attached hydrogens (tertiary/aromatic N) is 2. The van der Waals surface area contributed by atoms with E-state index in [0.717, 1.165) is 44.2 Å². The number of carbonyl (C=O) groups is 1. The predicted molar refractivity (Wildman–Crippen MR) is 96.5 cm³/mol. The van der Waals surface area contributed by atoms with Crippen molar-refractivity contribution in [2.24, 2.45) is 5.10 Å². The molecular formula is C16H24N4O3S. The summed E-state index contributed by atoms with van der Waals surface area (Å²) >= 11 is 4.05. The van der Waals surface area contributed by atoms with Gasteiger partial charge in [0.15, 0.2) is 5.17 Å². The normalized spacial score (nSPS) is 15.8. The molecule has 1 heterocycles. The molecule has 0 bridgehead atoms. The number of hydrogen-bond acceptors (Lipinski definition) is 6. The van der Waals surface area contributed by atoms with Crippen molar-refractivity contribution in [3.8, 4) is 5.75 Å². The van der Waals surface area contributed by atoms with Gasteiger partial charge in [-0.15, -0.1) is 12.6 Å². The summed E-state index contributed by atoms with van der Waals surface area (Å²) in [4.78, 5) is 14.2. The average Bonchev–Trinajstić information content (AvgIpc) is 2.56. The van der Waals surface area contributed by atoms with E-state index in [1.54, 1.807) is 7.05 Å². The number of amides is 1. The topological polar surface area (TPSA) is 75.2 Å². The summed E-state index contributed by atoms with van der Waals surface area (Å²) in [5.41, 5.74) is 3.44. The van der Waals surface area contributed by atoms with E-state index in [1.807, 2.05) is 24.3 Å². The fraction of sp³-hybridized carbons (Fsp3) is 0.500. The van der Waals surface area contributed by atoms with E-state index in [0.29, 0.717) is 6.61 Å². The van der Waals surface area contributed by atoms with Crippen molar-refractivity contribution in [3.63, 3.8) is 0 Å². The minimum Gasteiger partial charge on any atom is -0.492 e. The molecule has 0 saturated carbocycles. The van der Waals surface area contributed by atoms with Gasteiger partial charge in [-0.1, -0.05) is 12.1 Å². The van der Waals surface area contributed by atoms with Crippen LogP contribution in [0.4, 0.5) is 0 Å². The standard InChI is InChI=1S/C16H24N4O3S/c1-17-19-16(24)18-15(21)12-13-3-2-4-14(11-13)23-10-7-20-5-8-22-9-6-20/h2-4,11,17H,5-10,12H2,1H3,(H2,18,19,21,24). The molecule has 0 spiro atoms. The summed E-state index contributed by atoms with van der Waals surface area (Å²) in [5, 5.41) is 6.59. The number of nitrogens with one attached hydrogen (secondary N) is 2. The number of rotatable bonds is 7. The van der Waals surface area contributed by atoms with Gasteiger partial charge in [0.2, 0.25) is 5.91 Å². The van der Waals surface area contributed by atoms with Gasteiger partial charge < -0.3 is 20.2 Å². The number of carbonyl (C=O) groups excluding carboxylic acids is 1. The van der Waals surface area contributed by atoms with Gasteiger partial charge in [0.1, 0.15) is 12.4 Å². The third-order valence-electron chi connectivity index (χ3n) is 3.51. The van der Waals surface area contributed by atoms with Gasteiger partial charge in [-0.3, -0.25) is 9.69 Å². The molecule has 132 valence electrons. The average molecular weight is 352 g/mol. The highest BCUT2D eigenvalue weighted by Crippen LogP contribution is 2.14. The molecule has 7 nitrogen and oxygen atoms in total. The van der Waals surface area contributed by atoms with Crippen molar-refractivity contribution in [2.75, 3.05) is 46.5 Å². The van der Waals surface area contributed by atoms with Crippen LogP contribution in [0.2, 0.25) is 0 Å². The van der Waals surface area contributed by atoms with Crippen molar-refractivity contribution in [1.29, 1.82) is 0 Å². The van der Waals surface area contributed by atoms with Crippen molar-refractivity contribution in [3.05, 3.63) is 29.8 Å². The van der Waals surface area contributed by atoms with Crippen LogP contribution in [0.15, 0.2) is 29.4 Å². The van der Waals surface area contributed by atoms with E-state index in [-0.39, 0.29) is 17.5 Å². The quantitative estimate of drug-likeness (QED) is 0.288. The van der Waals surface area contributed by atoms with Crippen LogP contribution in [0.3, 0.4) is 0 Å². The van der Waals surface area contributed by atoms with Crippen LogP contribution in [-0.4, -0.2) is 62.5 Å². The predicted octanol–water partition coefficient (Wildman–Crippen LogP) is 0.476. The maximum Gasteiger partial charge on any atom is 0.230 e. The monoisotopic (exact) mass is 352 g/mol. The molecule has 8 heteroatoms. The highest BCUT2D eigenvalue weighted by molar-refractivity contribution is 7.96. The van der Waals surface area contributed by atoms with Crippen LogP contribution in [0.5, 0.6) is 5.75 Å². The van der Waals surface area contributed by atoms with Crippen molar-refractivity contribution in [2.45, 2.75) is 6.42 Å². The maximum absolute atomic E-state index is 11.9. The Morgan fingerprint density at radius 2 is 2.21 bits per heavy atom. The Kier molecular flexibility index (Phi) is 7.87.